The van der Waals surface area contributed by atoms with E-state index in [2.05, 4.69) is 4.90 Å². The van der Waals surface area contributed by atoms with Gasteiger partial charge in [0.2, 0.25) is 0 Å². The summed E-state index contributed by atoms with van der Waals surface area (Å²) in [5.74, 6) is 0. The van der Waals surface area contributed by atoms with Crippen molar-refractivity contribution in [2.45, 2.75) is 56.5 Å². The molecule has 0 bridgehead atoms. The average molecular weight is 212 g/mol. The molecule has 3 nitrogen and oxygen atoms in total. The van der Waals surface area contributed by atoms with E-state index in [-0.39, 0.29) is 12.1 Å². The van der Waals surface area contributed by atoms with Crippen molar-refractivity contribution in [1.82, 2.24) is 4.90 Å². The minimum atomic E-state index is -0.324. The molecule has 88 valence electrons. The fourth-order valence-corrected chi connectivity index (χ4v) is 3.08. The number of likely N-dealkylation sites (tertiary alicyclic amines) is 1. The van der Waals surface area contributed by atoms with E-state index >= 15 is 0 Å². The molecule has 0 spiro atoms. The SMILES string of the molecule is NC1(CO)CCCN(C2CCCCC2)C1. The molecule has 1 aliphatic carbocycles. The normalized spacial score (nSPS) is 35.6. The topological polar surface area (TPSA) is 49.5 Å². The summed E-state index contributed by atoms with van der Waals surface area (Å²) in [5, 5.41) is 9.31. The molecule has 0 amide bonds. The molecule has 1 unspecified atom stereocenters. The van der Waals surface area contributed by atoms with Crippen molar-refractivity contribution in [3.63, 3.8) is 0 Å². The Labute approximate surface area is 92.6 Å². The monoisotopic (exact) mass is 212 g/mol. The lowest BCUT2D eigenvalue weighted by Crippen LogP contribution is -2.58. The van der Waals surface area contributed by atoms with Gasteiger partial charge in [-0.25, -0.2) is 0 Å². The zero-order valence-corrected chi connectivity index (χ0v) is 9.62. The van der Waals surface area contributed by atoms with Crippen molar-refractivity contribution >= 4 is 0 Å². The van der Waals surface area contributed by atoms with Crippen LogP contribution in [0.5, 0.6) is 0 Å². The number of nitrogens with two attached hydrogens (primary N) is 1. The lowest BCUT2D eigenvalue weighted by molar-refractivity contribution is 0.0541. The summed E-state index contributed by atoms with van der Waals surface area (Å²) in [5.41, 5.74) is 5.84. The van der Waals surface area contributed by atoms with Crippen LogP contribution in [0.25, 0.3) is 0 Å². The van der Waals surface area contributed by atoms with Crippen LogP contribution in [0.3, 0.4) is 0 Å². The van der Waals surface area contributed by atoms with Crippen molar-refractivity contribution in [3.8, 4) is 0 Å². The zero-order valence-electron chi connectivity index (χ0n) is 9.62. The number of rotatable bonds is 2. The van der Waals surface area contributed by atoms with Crippen molar-refractivity contribution < 1.29 is 5.11 Å². The van der Waals surface area contributed by atoms with Gasteiger partial charge in [-0.3, -0.25) is 4.90 Å². The number of hydrogen-bond donors (Lipinski definition) is 2. The van der Waals surface area contributed by atoms with Crippen molar-refractivity contribution in [2.75, 3.05) is 19.7 Å². The van der Waals surface area contributed by atoms with E-state index in [9.17, 15) is 5.11 Å². The molecule has 1 heterocycles. The highest BCUT2D eigenvalue weighted by Crippen LogP contribution is 2.27. The molecule has 3 heteroatoms. The highest BCUT2D eigenvalue weighted by atomic mass is 16.3. The highest BCUT2D eigenvalue weighted by Gasteiger charge is 2.34. The Bertz CT molecular complexity index is 204. The largest absolute Gasteiger partial charge is 0.394 e. The molecule has 2 fully saturated rings. The van der Waals surface area contributed by atoms with Crippen LogP contribution in [0.2, 0.25) is 0 Å². The van der Waals surface area contributed by atoms with Crippen LogP contribution < -0.4 is 5.73 Å². The van der Waals surface area contributed by atoms with Crippen LogP contribution in [0.15, 0.2) is 0 Å². The van der Waals surface area contributed by atoms with Gasteiger partial charge in [0.05, 0.1) is 12.1 Å². The Morgan fingerprint density at radius 2 is 1.93 bits per heavy atom. The lowest BCUT2D eigenvalue weighted by Gasteiger charge is -2.44. The third-order valence-corrected chi connectivity index (χ3v) is 4.04. The first kappa shape index (κ1) is 11.4. The van der Waals surface area contributed by atoms with Gasteiger partial charge in [0.25, 0.3) is 0 Å². The maximum atomic E-state index is 9.31. The molecule has 0 aromatic carbocycles. The van der Waals surface area contributed by atoms with Crippen molar-refractivity contribution in [2.24, 2.45) is 5.73 Å². The number of aliphatic hydroxyl groups is 1. The number of hydrogen-bond acceptors (Lipinski definition) is 3. The van der Waals surface area contributed by atoms with Gasteiger partial charge in [-0.2, -0.15) is 0 Å². The molecule has 0 aromatic rings. The number of nitrogens with zero attached hydrogens (tertiary/aromatic N) is 1. The van der Waals surface area contributed by atoms with Gasteiger partial charge in [0.15, 0.2) is 0 Å². The molecule has 2 rings (SSSR count). The maximum Gasteiger partial charge on any atom is 0.0623 e. The Hall–Kier alpha value is -0.120. The number of piperidine rings is 1. The fraction of sp³-hybridized carbons (Fsp3) is 1.00. The summed E-state index contributed by atoms with van der Waals surface area (Å²) in [6, 6.07) is 0.744. The molecular weight excluding hydrogens is 188 g/mol. The zero-order chi connectivity index (χ0) is 10.7. The second-order valence-electron chi connectivity index (χ2n) is 5.39. The van der Waals surface area contributed by atoms with Crippen molar-refractivity contribution in [3.05, 3.63) is 0 Å². The second kappa shape index (κ2) is 4.81. The summed E-state index contributed by atoms with van der Waals surface area (Å²) in [6.07, 6.45) is 8.94. The quantitative estimate of drug-likeness (QED) is 0.721. The summed E-state index contributed by atoms with van der Waals surface area (Å²) >= 11 is 0. The molecule has 1 saturated carbocycles. The summed E-state index contributed by atoms with van der Waals surface area (Å²) in [4.78, 5) is 2.53. The van der Waals surface area contributed by atoms with E-state index in [4.69, 9.17) is 5.73 Å². The van der Waals surface area contributed by atoms with Crippen LogP contribution in [0.1, 0.15) is 44.9 Å². The minimum Gasteiger partial charge on any atom is -0.394 e. The maximum absolute atomic E-state index is 9.31. The first-order chi connectivity index (χ1) is 7.23. The van der Waals surface area contributed by atoms with E-state index in [1.165, 1.54) is 38.6 Å². The first-order valence-electron chi connectivity index (χ1n) is 6.37. The Morgan fingerprint density at radius 3 is 2.60 bits per heavy atom. The second-order valence-corrected chi connectivity index (χ2v) is 5.39. The van der Waals surface area contributed by atoms with Gasteiger partial charge in [-0.15, -0.1) is 0 Å². The molecule has 0 aromatic heterocycles. The van der Waals surface area contributed by atoms with Gasteiger partial charge < -0.3 is 10.8 Å². The molecular formula is C12H24N2O. The van der Waals surface area contributed by atoms with Crippen LogP contribution in [-0.4, -0.2) is 41.3 Å². The molecule has 1 aliphatic heterocycles. The standard InChI is InChI=1S/C12H24N2O/c13-12(10-15)7-4-8-14(9-12)11-5-2-1-3-6-11/h11,15H,1-10,13H2. The van der Waals surface area contributed by atoms with Gasteiger partial charge in [0.1, 0.15) is 0 Å². The Morgan fingerprint density at radius 1 is 1.20 bits per heavy atom. The van der Waals surface area contributed by atoms with Gasteiger partial charge in [-0.05, 0) is 32.2 Å². The number of aliphatic hydroxyl groups excluding tert-OH is 1. The van der Waals surface area contributed by atoms with Crippen LogP contribution in [-0.2, 0) is 0 Å². The van der Waals surface area contributed by atoms with Crippen LogP contribution in [0.4, 0.5) is 0 Å². The molecule has 1 atom stereocenters. The van der Waals surface area contributed by atoms with Gasteiger partial charge in [0, 0.05) is 12.6 Å². The van der Waals surface area contributed by atoms with Gasteiger partial charge >= 0.3 is 0 Å². The molecule has 2 aliphatic rings. The Balaban J connectivity index is 1.91. The summed E-state index contributed by atoms with van der Waals surface area (Å²) in [7, 11) is 0. The van der Waals surface area contributed by atoms with Crippen LogP contribution >= 0.6 is 0 Å². The third kappa shape index (κ3) is 2.71. The summed E-state index contributed by atoms with van der Waals surface area (Å²) < 4.78 is 0. The van der Waals surface area contributed by atoms with Crippen LogP contribution in [0, 0.1) is 0 Å². The van der Waals surface area contributed by atoms with Gasteiger partial charge in [-0.1, -0.05) is 19.3 Å². The fourth-order valence-electron chi connectivity index (χ4n) is 3.08. The first-order valence-corrected chi connectivity index (χ1v) is 6.37. The predicted octanol–water partition coefficient (Wildman–Crippen LogP) is 1.10. The molecule has 1 saturated heterocycles. The third-order valence-electron chi connectivity index (χ3n) is 4.04. The molecule has 3 N–H and O–H groups in total. The Kier molecular flexibility index (Phi) is 3.65. The summed E-state index contributed by atoms with van der Waals surface area (Å²) in [6.45, 7) is 2.22. The van der Waals surface area contributed by atoms with E-state index in [0.717, 1.165) is 25.4 Å². The lowest BCUT2D eigenvalue weighted by atomic mass is 9.87. The van der Waals surface area contributed by atoms with E-state index in [1.54, 1.807) is 0 Å². The van der Waals surface area contributed by atoms with E-state index in [1.807, 2.05) is 0 Å². The average Bonchev–Trinajstić information content (AvgIpc) is 2.30. The van der Waals surface area contributed by atoms with Crippen molar-refractivity contribution in [1.29, 1.82) is 0 Å². The highest BCUT2D eigenvalue weighted by molar-refractivity contribution is 4.93. The van der Waals surface area contributed by atoms with E-state index < -0.39 is 0 Å². The van der Waals surface area contributed by atoms with E-state index in [0.29, 0.717) is 0 Å². The molecule has 15 heavy (non-hydrogen) atoms. The smallest absolute Gasteiger partial charge is 0.0623 e. The predicted molar refractivity (Wildman–Crippen MR) is 61.7 cm³/mol. The molecule has 0 radical (unpaired) electrons. The minimum absolute atomic E-state index is 0.135.